The second kappa shape index (κ2) is 6.86. The molecule has 0 saturated carbocycles. The van der Waals surface area contributed by atoms with E-state index in [1.807, 2.05) is 19.9 Å². The van der Waals surface area contributed by atoms with Gasteiger partial charge in [0.15, 0.2) is 5.82 Å². The quantitative estimate of drug-likeness (QED) is 0.890. The zero-order valence-corrected chi connectivity index (χ0v) is 15.2. The molecule has 5 nitrogen and oxygen atoms in total. The van der Waals surface area contributed by atoms with Crippen LogP contribution in [-0.4, -0.2) is 33.8 Å². The largest absolute Gasteiger partial charge is 0.324 e. The fourth-order valence-electron chi connectivity index (χ4n) is 3.28. The summed E-state index contributed by atoms with van der Waals surface area (Å²) in [5, 5.41) is 7.11. The molecule has 1 aromatic heterocycles. The highest BCUT2D eigenvalue weighted by molar-refractivity contribution is 5.89. The highest BCUT2D eigenvalue weighted by Gasteiger charge is 2.26. The van der Waals surface area contributed by atoms with Crippen LogP contribution in [0.15, 0.2) is 24.3 Å². The Balaban J connectivity index is 1.73. The van der Waals surface area contributed by atoms with Crippen LogP contribution >= 0.6 is 0 Å². The topological polar surface area (TPSA) is 50.2 Å². The number of anilines is 1. The van der Waals surface area contributed by atoms with Gasteiger partial charge in [-0.25, -0.2) is 13.9 Å². The molecule has 2 unspecified atom stereocenters. The lowest BCUT2D eigenvalue weighted by Crippen LogP contribution is -2.44. The normalized spacial score (nSPS) is 20.6. The van der Waals surface area contributed by atoms with Crippen molar-refractivity contribution >= 4 is 11.7 Å². The van der Waals surface area contributed by atoms with Crippen LogP contribution in [0.1, 0.15) is 31.7 Å². The summed E-state index contributed by atoms with van der Waals surface area (Å²) in [5.74, 6) is 0.691. The predicted octanol–water partition coefficient (Wildman–Crippen LogP) is 4.14. The minimum absolute atomic E-state index is 0.169. The SMILES string of the molecule is Cc1cc(C)n(-c2ccc(NC(=O)N3CCC(C)C(C)C3)cc2F)n1. The number of piperidine rings is 1. The van der Waals surface area contributed by atoms with Crippen molar-refractivity contribution in [3.63, 3.8) is 0 Å². The minimum Gasteiger partial charge on any atom is -0.324 e. The molecule has 6 heteroatoms. The van der Waals surface area contributed by atoms with Gasteiger partial charge in [0, 0.05) is 24.5 Å². The monoisotopic (exact) mass is 344 g/mol. The van der Waals surface area contributed by atoms with Crippen LogP contribution in [-0.2, 0) is 0 Å². The Kier molecular flexibility index (Phi) is 4.79. The molecule has 1 aliphatic heterocycles. The van der Waals surface area contributed by atoms with Crippen molar-refractivity contribution in [3.05, 3.63) is 41.5 Å². The number of aromatic nitrogens is 2. The number of halogens is 1. The third kappa shape index (κ3) is 3.67. The minimum atomic E-state index is -0.412. The maximum absolute atomic E-state index is 14.5. The molecule has 3 rings (SSSR count). The highest BCUT2D eigenvalue weighted by atomic mass is 19.1. The number of rotatable bonds is 2. The molecule has 2 aromatic rings. The summed E-state index contributed by atoms with van der Waals surface area (Å²) in [6.07, 6.45) is 1.000. The van der Waals surface area contributed by atoms with E-state index in [2.05, 4.69) is 24.3 Å². The van der Waals surface area contributed by atoms with E-state index in [1.54, 1.807) is 21.7 Å². The average molecular weight is 344 g/mol. The molecule has 0 radical (unpaired) electrons. The summed E-state index contributed by atoms with van der Waals surface area (Å²) >= 11 is 0. The van der Waals surface area contributed by atoms with Crippen LogP contribution in [0.4, 0.5) is 14.9 Å². The predicted molar refractivity (Wildman–Crippen MR) is 96.5 cm³/mol. The number of aryl methyl sites for hydroxylation is 2. The van der Waals surface area contributed by atoms with Gasteiger partial charge in [0.05, 0.1) is 5.69 Å². The van der Waals surface area contributed by atoms with E-state index in [9.17, 15) is 9.18 Å². The van der Waals surface area contributed by atoms with E-state index in [0.29, 0.717) is 23.2 Å². The summed E-state index contributed by atoms with van der Waals surface area (Å²) in [5.41, 5.74) is 2.54. The molecule has 0 spiro atoms. The lowest BCUT2D eigenvalue weighted by atomic mass is 9.89. The molecule has 1 aromatic carbocycles. The van der Waals surface area contributed by atoms with Gasteiger partial charge in [-0.2, -0.15) is 5.10 Å². The molecule has 134 valence electrons. The van der Waals surface area contributed by atoms with Gasteiger partial charge in [0.2, 0.25) is 0 Å². The number of urea groups is 1. The maximum atomic E-state index is 14.5. The van der Waals surface area contributed by atoms with Crippen LogP contribution in [0.3, 0.4) is 0 Å². The van der Waals surface area contributed by atoms with Crippen LogP contribution in [0.2, 0.25) is 0 Å². The molecule has 2 heterocycles. The molecule has 2 atom stereocenters. The third-order valence-electron chi connectivity index (χ3n) is 5.06. The summed E-state index contributed by atoms with van der Waals surface area (Å²) in [7, 11) is 0. The van der Waals surface area contributed by atoms with Crippen molar-refractivity contribution in [2.75, 3.05) is 18.4 Å². The molecule has 1 fully saturated rings. The Bertz CT molecular complexity index is 786. The van der Waals surface area contributed by atoms with E-state index in [-0.39, 0.29) is 6.03 Å². The molecule has 1 N–H and O–H groups in total. The lowest BCUT2D eigenvalue weighted by molar-refractivity contribution is 0.154. The van der Waals surface area contributed by atoms with Crippen LogP contribution in [0.25, 0.3) is 5.69 Å². The van der Waals surface area contributed by atoms with Gasteiger partial charge < -0.3 is 10.2 Å². The molecular weight excluding hydrogens is 319 g/mol. The van der Waals surface area contributed by atoms with E-state index in [4.69, 9.17) is 0 Å². The number of nitrogens with one attached hydrogen (secondary N) is 1. The third-order valence-corrected chi connectivity index (χ3v) is 5.06. The Labute approximate surface area is 147 Å². The standard InChI is InChI=1S/C19H25FN4O/c1-12-7-8-23(11-13(12)2)19(25)21-16-5-6-18(17(20)10-16)24-15(4)9-14(3)22-24/h5-6,9-10,12-13H,7-8,11H2,1-4H3,(H,21,25). The number of likely N-dealkylation sites (tertiary alicyclic amines) is 1. The first-order chi connectivity index (χ1) is 11.8. The summed E-state index contributed by atoms with van der Waals surface area (Å²) in [6.45, 7) is 9.60. The van der Waals surface area contributed by atoms with Crippen LogP contribution < -0.4 is 5.32 Å². The number of nitrogens with zero attached hydrogens (tertiary/aromatic N) is 3. The Hall–Kier alpha value is -2.37. The number of benzene rings is 1. The lowest BCUT2D eigenvalue weighted by Gasteiger charge is -2.35. The molecule has 2 amide bonds. The highest BCUT2D eigenvalue weighted by Crippen LogP contribution is 2.24. The number of hydrogen-bond donors (Lipinski definition) is 1. The summed E-state index contributed by atoms with van der Waals surface area (Å²) in [6, 6.07) is 6.43. The maximum Gasteiger partial charge on any atom is 0.321 e. The molecule has 0 aliphatic carbocycles. The van der Waals surface area contributed by atoms with Crippen molar-refractivity contribution in [2.24, 2.45) is 11.8 Å². The van der Waals surface area contributed by atoms with Gasteiger partial charge in [-0.05, 0) is 56.4 Å². The fourth-order valence-corrected chi connectivity index (χ4v) is 3.28. The van der Waals surface area contributed by atoms with Gasteiger partial charge in [0.1, 0.15) is 5.69 Å². The number of amides is 2. The van der Waals surface area contributed by atoms with Crippen LogP contribution in [0.5, 0.6) is 0 Å². The van der Waals surface area contributed by atoms with E-state index in [0.717, 1.165) is 30.9 Å². The Morgan fingerprint density at radius 2 is 2.00 bits per heavy atom. The van der Waals surface area contributed by atoms with Crippen molar-refractivity contribution < 1.29 is 9.18 Å². The van der Waals surface area contributed by atoms with Crippen molar-refractivity contribution in [1.82, 2.24) is 14.7 Å². The van der Waals surface area contributed by atoms with Gasteiger partial charge in [-0.1, -0.05) is 13.8 Å². The van der Waals surface area contributed by atoms with Gasteiger partial charge in [-0.15, -0.1) is 0 Å². The van der Waals surface area contributed by atoms with Crippen molar-refractivity contribution in [1.29, 1.82) is 0 Å². The fraction of sp³-hybridized carbons (Fsp3) is 0.474. The molecular formula is C19H25FN4O. The van der Waals surface area contributed by atoms with Crippen molar-refractivity contribution in [3.8, 4) is 5.69 Å². The second-order valence-electron chi connectivity index (χ2n) is 7.12. The second-order valence-corrected chi connectivity index (χ2v) is 7.12. The zero-order valence-electron chi connectivity index (χ0n) is 15.2. The van der Waals surface area contributed by atoms with E-state index < -0.39 is 5.82 Å². The van der Waals surface area contributed by atoms with Gasteiger partial charge in [0.25, 0.3) is 0 Å². The molecule has 1 saturated heterocycles. The first-order valence-electron chi connectivity index (χ1n) is 8.74. The molecule has 1 aliphatic rings. The van der Waals surface area contributed by atoms with Crippen LogP contribution in [0, 0.1) is 31.5 Å². The van der Waals surface area contributed by atoms with Crippen molar-refractivity contribution in [2.45, 2.75) is 34.1 Å². The Morgan fingerprint density at radius 3 is 2.60 bits per heavy atom. The molecule has 25 heavy (non-hydrogen) atoms. The summed E-state index contributed by atoms with van der Waals surface area (Å²) in [4.78, 5) is 14.2. The number of carbonyl (C=O) groups is 1. The van der Waals surface area contributed by atoms with E-state index >= 15 is 0 Å². The number of hydrogen-bond acceptors (Lipinski definition) is 2. The van der Waals surface area contributed by atoms with E-state index in [1.165, 1.54) is 6.07 Å². The van der Waals surface area contributed by atoms with Gasteiger partial charge >= 0.3 is 6.03 Å². The zero-order chi connectivity index (χ0) is 18.1. The number of carbonyl (C=O) groups excluding carboxylic acids is 1. The first-order valence-corrected chi connectivity index (χ1v) is 8.74. The average Bonchev–Trinajstić information content (AvgIpc) is 2.88. The molecule has 0 bridgehead atoms. The van der Waals surface area contributed by atoms with Gasteiger partial charge in [-0.3, -0.25) is 0 Å². The first kappa shape index (κ1) is 17.5. The summed E-state index contributed by atoms with van der Waals surface area (Å²) < 4.78 is 16.1. The smallest absolute Gasteiger partial charge is 0.321 e. The Morgan fingerprint density at radius 1 is 1.24 bits per heavy atom.